The van der Waals surface area contributed by atoms with Crippen LogP contribution in [0.4, 0.5) is 0 Å². The number of benzene rings is 1. The number of rotatable bonds is 5. The van der Waals surface area contributed by atoms with Gasteiger partial charge in [-0.15, -0.1) is 0 Å². The lowest BCUT2D eigenvalue weighted by Gasteiger charge is -2.13. The fourth-order valence-corrected chi connectivity index (χ4v) is 2.16. The molecule has 20 heavy (non-hydrogen) atoms. The molecule has 1 aromatic carbocycles. The van der Waals surface area contributed by atoms with Gasteiger partial charge >= 0.3 is 5.97 Å². The Morgan fingerprint density at radius 3 is 2.65 bits per heavy atom. The predicted molar refractivity (Wildman–Crippen MR) is 76.7 cm³/mol. The smallest absolute Gasteiger partial charge is 0.338 e. The lowest BCUT2D eigenvalue weighted by Crippen LogP contribution is -2.37. The van der Waals surface area contributed by atoms with Crippen molar-refractivity contribution in [2.75, 3.05) is 7.11 Å². The van der Waals surface area contributed by atoms with Crippen molar-refractivity contribution in [1.82, 2.24) is 5.32 Å². The molecule has 1 aliphatic carbocycles. The van der Waals surface area contributed by atoms with Gasteiger partial charge in [-0.05, 0) is 53.9 Å². The second-order valence-electron chi connectivity index (χ2n) is 4.68. The van der Waals surface area contributed by atoms with Crippen LogP contribution in [0, 0.1) is 0 Å². The summed E-state index contributed by atoms with van der Waals surface area (Å²) in [6.07, 6.45) is 1.19. The van der Waals surface area contributed by atoms with Gasteiger partial charge in [0.1, 0.15) is 5.75 Å². The van der Waals surface area contributed by atoms with Crippen LogP contribution in [0.5, 0.6) is 5.75 Å². The molecule has 0 aliphatic heterocycles. The van der Waals surface area contributed by atoms with E-state index in [0.717, 1.165) is 12.8 Å². The highest BCUT2D eigenvalue weighted by atomic mass is 79.9. The Morgan fingerprint density at radius 2 is 2.10 bits per heavy atom. The highest BCUT2D eigenvalue weighted by Gasteiger charge is 2.27. The zero-order valence-electron chi connectivity index (χ0n) is 11.3. The van der Waals surface area contributed by atoms with Gasteiger partial charge in [0, 0.05) is 6.04 Å². The van der Waals surface area contributed by atoms with Crippen molar-refractivity contribution in [2.45, 2.75) is 31.9 Å². The summed E-state index contributed by atoms with van der Waals surface area (Å²) in [6.45, 7) is 1.56. The molecule has 6 heteroatoms. The Bertz CT molecular complexity index is 528. The molecular formula is C14H16BrNO4. The van der Waals surface area contributed by atoms with Gasteiger partial charge in [0.05, 0.1) is 17.1 Å². The minimum Gasteiger partial charge on any atom is -0.496 e. The molecule has 0 bridgehead atoms. The molecule has 0 spiro atoms. The second-order valence-corrected chi connectivity index (χ2v) is 5.53. The Labute approximate surface area is 125 Å². The quantitative estimate of drug-likeness (QED) is 0.834. The Kier molecular flexibility index (Phi) is 4.65. The van der Waals surface area contributed by atoms with Gasteiger partial charge in [-0.2, -0.15) is 0 Å². The number of esters is 1. The normalized spacial score (nSPS) is 15.3. The van der Waals surface area contributed by atoms with E-state index in [-0.39, 0.29) is 11.9 Å². The van der Waals surface area contributed by atoms with E-state index in [2.05, 4.69) is 21.2 Å². The standard InChI is InChI=1S/C14H16BrNO4/c1-8(13(17)16-10-4-5-10)20-14(18)9-3-6-12(19-2)11(15)7-9/h3,6-8,10H,4-5H2,1-2H3,(H,16,17)/t8-/m0/s1. The van der Waals surface area contributed by atoms with E-state index in [0.29, 0.717) is 15.8 Å². The van der Waals surface area contributed by atoms with Crippen molar-refractivity contribution in [3.8, 4) is 5.75 Å². The predicted octanol–water partition coefficient (Wildman–Crippen LogP) is 2.28. The molecule has 1 atom stereocenters. The van der Waals surface area contributed by atoms with E-state index in [4.69, 9.17) is 9.47 Å². The molecule has 1 N–H and O–H groups in total. The number of hydrogen-bond donors (Lipinski definition) is 1. The number of halogens is 1. The number of carbonyl (C=O) groups is 2. The van der Waals surface area contributed by atoms with Crippen molar-refractivity contribution < 1.29 is 19.1 Å². The fraction of sp³-hybridized carbons (Fsp3) is 0.429. The van der Waals surface area contributed by atoms with Crippen molar-refractivity contribution in [3.05, 3.63) is 28.2 Å². The first-order chi connectivity index (χ1) is 9.51. The number of ether oxygens (including phenoxy) is 2. The molecular weight excluding hydrogens is 326 g/mol. The van der Waals surface area contributed by atoms with Gasteiger partial charge in [-0.3, -0.25) is 4.79 Å². The van der Waals surface area contributed by atoms with Crippen molar-refractivity contribution >= 4 is 27.8 Å². The maximum Gasteiger partial charge on any atom is 0.338 e. The first kappa shape index (κ1) is 14.8. The first-order valence-electron chi connectivity index (χ1n) is 6.36. The molecule has 0 radical (unpaired) electrons. The number of carbonyl (C=O) groups excluding carboxylic acids is 2. The van der Waals surface area contributed by atoms with E-state index in [1.807, 2.05) is 0 Å². The van der Waals surface area contributed by atoms with Gasteiger partial charge < -0.3 is 14.8 Å². The molecule has 0 unspecified atom stereocenters. The average molecular weight is 342 g/mol. The molecule has 1 fully saturated rings. The highest BCUT2D eigenvalue weighted by molar-refractivity contribution is 9.10. The van der Waals surface area contributed by atoms with Crippen LogP contribution in [-0.2, 0) is 9.53 Å². The van der Waals surface area contributed by atoms with Gasteiger partial charge in [-0.25, -0.2) is 4.79 Å². The summed E-state index contributed by atoms with van der Waals surface area (Å²) >= 11 is 3.30. The van der Waals surface area contributed by atoms with Gasteiger partial charge in [0.15, 0.2) is 6.10 Å². The SMILES string of the molecule is COc1ccc(C(=O)O[C@@H](C)C(=O)NC2CC2)cc1Br. The molecule has 5 nitrogen and oxygen atoms in total. The third-order valence-corrected chi connectivity index (χ3v) is 3.58. The fourth-order valence-electron chi connectivity index (χ4n) is 1.62. The van der Waals surface area contributed by atoms with Gasteiger partial charge in [0.25, 0.3) is 5.91 Å². The van der Waals surface area contributed by atoms with Crippen LogP contribution in [0.2, 0.25) is 0 Å². The van der Waals surface area contributed by atoms with E-state index < -0.39 is 12.1 Å². The third kappa shape index (κ3) is 3.72. The summed E-state index contributed by atoms with van der Waals surface area (Å²) in [7, 11) is 1.54. The van der Waals surface area contributed by atoms with Crippen LogP contribution in [-0.4, -0.2) is 31.1 Å². The summed E-state index contributed by atoms with van der Waals surface area (Å²) in [5.41, 5.74) is 0.365. The molecule has 1 aromatic rings. The van der Waals surface area contributed by atoms with Crippen LogP contribution in [0.1, 0.15) is 30.1 Å². The minimum atomic E-state index is -0.802. The summed E-state index contributed by atoms with van der Waals surface area (Å²) in [5.74, 6) is -0.165. The Hall–Kier alpha value is -1.56. The molecule has 0 heterocycles. The van der Waals surface area contributed by atoms with E-state index >= 15 is 0 Å². The molecule has 2 rings (SSSR count). The van der Waals surface area contributed by atoms with Gasteiger partial charge in [-0.1, -0.05) is 0 Å². The van der Waals surface area contributed by atoms with Crippen LogP contribution in [0.25, 0.3) is 0 Å². The van der Waals surface area contributed by atoms with Crippen molar-refractivity contribution in [1.29, 1.82) is 0 Å². The van der Waals surface area contributed by atoms with E-state index in [1.54, 1.807) is 32.2 Å². The van der Waals surface area contributed by atoms with Crippen molar-refractivity contribution in [3.63, 3.8) is 0 Å². The van der Waals surface area contributed by atoms with E-state index in [9.17, 15) is 9.59 Å². The van der Waals surface area contributed by atoms with Crippen molar-refractivity contribution in [2.24, 2.45) is 0 Å². The summed E-state index contributed by atoms with van der Waals surface area (Å²) < 4.78 is 10.9. The van der Waals surface area contributed by atoms with Gasteiger partial charge in [0.2, 0.25) is 0 Å². The largest absolute Gasteiger partial charge is 0.496 e. The monoisotopic (exact) mass is 341 g/mol. The average Bonchev–Trinajstić information content (AvgIpc) is 3.22. The van der Waals surface area contributed by atoms with Crippen LogP contribution >= 0.6 is 15.9 Å². The first-order valence-corrected chi connectivity index (χ1v) is 7.15. The maximum atomic E-state index is 11.9. The minimum absolute atomic E-state index is 0.249. The highest BCUT2D eigenvalue weighted by Crippen LogP contribution is 2.26. The summed E-state index contributed by atoms with van der Waals surface area (Å²) in [4.78, 5) is 23.7. The molecule has 108 valence electrons. The van der Waals surface area contributed by atoms with Crippen LogP contribution in [0.3, 0.4) is 0 Å². The van der Waals surface area contributed by atoms with Crippen LogP contribution in [0.15, 0.2) is 22.7 Å². The molecule has 1 aliphatic rings. The molecule has 1 saturated carbocycles. The summed E-state index contributed by atoms with van der Waals surface area (Å²) in [5, 5.41) is 2.79. The third-order valence-electron chi connectivity index (χ3n) is 2.96. The molecule has 1 amide bonds. The lowest BCUT2D eigenvalue weighted by atomic mass is 10.2. The number of hydrogen-bond acceptors (Lipinski definition) is 4. The maximum absolute atomic E-state index is 11.9. The lowest BCUT2D eigenvalue weighted by molar-refractivity contribution is -0.129. The zero-order chi connectivity index (χ0) is 14.7. The number of methoxy groups -OCH3 is 1. The summed E-state index contributed by atoms with van der Waals surface area (Å²) in [6, 6.07) is 5.11. The molecule has 0 aromatic heterocycles. The number of nitrogens with one attached hydrogen (secondary N) is 1. The zero-order valence-corrected chi connectivity index (χ0v) is 12.9. The Morgan fingerprint density at radius 1 is 1.40 bits per heavy atom. The molecule has 0 saturated heterocycles. The topological polar surface area (TPSA) is 64.6 Å². The number of amides is 1. The Balaban J connectivity index is 1.96. The van der Waals surface area contributed by atoms with Crippen LogP contribution < -0.4 is 10.1 Å². The second kappa shape index (κ2) is 6.26. The van der Waals surface area contributed by atoms with E-state index in [1.165, 1.54) is 0 Å².